The number of hydrogen-bond donors (Lipinski definition) is 0. The molecule has 198 valence electrons. The quantitative estimate of drug-likeness (QED) is 0.302. The number of hydrogen-bond acceptors (Lipinski definition) is 7. The molecule has 0 saturated carbocycles. The van der Waals surface area contributed by atoms with Crippen LogP contribution < -0.4 is 37.7 Å². The highest BCUT2D eigenvalue weighted by Gasteiger charge is 2.32. The largest absolute Gasteiger partial charge is 0.493 e. The van der Waals surface area contributed by atoms with Crippen molar-refractivity contribution >= 4 is 10.8 Å². The van der Waals surface area contributed by atoms with Crippen LogP contribution in [0.4, 0.5) is 0 Å². The number of methoxy groups -OCH3 is 7. The first kappa shape index (κ1) is 25.3. The Morgan fingerprint density at radius 2 is 1.11 bits per heavy atom. The highest BCUT2D eigenvalue weighted by atomic mass is 16.5. The predicted molar refractivity (Wildman–Crippen MR) is 145 cm³/mol. The van der Waals surface area contributed by atoms with Crippen LogP contribution in [0.5, 0.6) is 40.2 Å². The Balaban J connectivity index is 1.90. The molecule has 0 bridgehead atoms. The average Bonchev–Trinajstić information content (AvgIpc) is 2.97. The molecule has 0 atom stereocenters. The number of aryl methyl sites for hydroxylation is 1. The summed E-state index contributed by atoms with van der Waals surface area (Å²) in [6.07, 6.45) is 0.823. The van der Waals surface area contributed by atoms with Gasteiger partial charge in [-0.25, -0.2) is 0 Å². The van der Waals surface area contributed by atoms with Gasteiger partial charge in [0.25, 0.3) is 0 Å². The van der Waals surface area contributed by atoms with Crippen LogP contribution in [-0.4, -0.2) is 49.8 Å². The highest BCUT2D eigenvalue weighted by Crippen LogP contribution is 2.45. The van der Waals surface area contributed by atoms with Gasteiger partial charge >= 0.3 is 0 Å². The molecule has 0 N–H and O–H groups in total. The molecule has 0 spiro atoms. The van der Waals surface area contributed by atoms with E-state index in [1.165, 1.54) is 5.56 Å². The Hall–Kier alpha value is -4.33. The Kier molecular flexibility index (Phi) is 6.80. The fourth-order valence-corrected chi connectivity index (χ4v) is 5.29. The summed E-state index contributed by atoms with van der Waals surface area (Å²) in [5.74, 6) is 4.41. The summed E-state index contributed by atoms with van der Waals surface area (Å²) in [6, 6.07) is 14.3. The molecular formula is C30H32NO7+. The molecule has 38 heavy (non-hydrogen) atoms. The van der Waals surface area contributed by atoms with E-state index in [0.717, 1.165) is 52.0 Å². The number of aromatic nitrogens is 1. The van der Waals surface area contributed by atoms with E-state index in [4.69, 9.17) is 33.2 Å². The topological polar surface area (TPSA) is 68.5 Å². The summed E-state index contributed by atoms with van der Waals surface area (Å²) < 4.78 is 41.9. The van der Waals surface area contributed by atoms with Gasteiger partial charge in [-0.2, -0.15) is 4.57 Å². The van der Waals surface area contributed by atoms with Gasteiger partial charge in [0.15, 0.2) is 41.0 Å². The maximum absolute atomic E-state index is 5.70. The third kappa shape index (κ3) is 3.97. The van der Waals surface area contributed by atoms with Gasteiger partial charge in [-0.3, -0.25) is 0 Å². The zero-order chi connectivity index (χ0) is 27.0. The van der Waals surface area contributed by atoms with Gasteiger partial charge < -0.3 is 33.2 Å². The minimum Gasteiger partial charge on any atom is -0.493 e. The van der Waals surface area contributed by atoms with Crippen molar-refractivity contribution in [1.29, 1.82) is 0 Å². The van der Waals surface area contributed by atoms with E-state index in [-0.39, 0.29) is 0 Å². The van der Waals surface area contributed by atoms with E-state index in [1.807, 2.05) is 30.3 Å². The van der Waals surface area contributed by atoms with Crippen molar-refractivity contribution in [3.05, 3.63) is 48.0 Å². The zero-order valence-corrected chi connectivity index (χ0v) is 22.8. The molecule has 0 unspecified atom stereocenters. The molecular weight excluding hydrogens is 486 g/mol. The molecule has 8 heteroatoms. The van der Waals surface area contributed by atoms with Crippen molar-refractivity contribution in [3.8, 4) is 62.8 Å². The molecule has 1 aliphatic heterocycles. The number of benzene rings is 3. The van der Waals surface area contributed by atoms with Crippen LogP contribution in [-0.2, 0) is 13.0 Å². The summed E-state index contributed by atoms with van der Waals surface area (Å²) in [7, 11) is 11.4. The molecule has 8 nitrogen and oxygen atoms in total. The van der Waals surface area contributed by atoms with Crippen LogP contribution >= 0.6 is 0 Å². The van der Waals surface area contributed by atoms with Gasteiger partial charge in [-0.1, -0.05) is 0 Å². The van der Waals surface area contributed by atoms with Crippen LogP contribution in [0.3, 0.4) is 0 Å². The third-order valence-electron chi connectivity index (χ3n) is 7.09. The average molecular weight is 519 g/mol. The Bertz CT molecular complexity index is 1500. The zero-order valence-electron chi connectivity index (χ0n) is 22.8. The standard InChI is InChI=1S/C30H32NO7/c1-32-23-11-17-8-9-31-22(20(17)15-25(23)34-3)10-18-12-24(33-2)26(35-4)16-21(18)29(31)19-13-27(36-5)30(38-7)28(14-19)37-6/h10-16H,8-9H2,1-7H3/q+1. The molecule has 0 amide bonds. The summed E-state index contributed by atoms with van der Waals surface area (Å²) >= 11 is 0. The van der Waals surface area contributed by atoms with Crippen LogP contribution in [0.1, 0.15) is 5.56 Å². The minimum atomic E-state index is 0.541. The van der Waals surface area contributed by atoms with Crippen molar-refractivity contribution in [2.24, 2.45) is 0 Å². The Morgan fingerprint density at radius 1 is 0.553 bits per heavy atom. The highest BCUT2D eigenvalue weighted by molar-refractivity contribution is 5.98. The summed E-state index contributed by atoms with van der Waals surface area (Å²) in [4.78, 5) is 0. The molecule has 1 aromatic heterocycles. The number of fused-ring (bicyclic) bond motifs is 4. The first-order valence-corrected chi connectivity index (χ1v) is 12.2. The summed E-state index contributed by atoms with van der Waals surface area (Å²) in [5, 5.41) is 2.00. The van der Waals surface area contributed by atoms with Crippen LogP contribution in [0.25, 0.3) is 33.3 Å². The van der Waals surface area contributed by atoms with Gasteiger partial charge in [0, 0.05) is 12.5 Å². The lowest BCUT2D eigenvalue weighted by Crippen LogP contribution is -2.42. The van der Waals surface area contributed by atoms with Crippen molar-refractivity contribution < 1.29 is 37.7 Å². The Labute approximate surface area is 222 Å². The van der Waals surface area contributed by atoms with Gasteiger partial charge in [-0.15, -0.1) is 0 Å². The summed E-state index contributed by atoms with van der Waals surface area (Å²) in [5.41, 5.74) is 5.24. The predicted octanol–water partition coefficient (Wildman–Crippen LogP) is 5.08. The van der Waals surface area contributed by atoms with Crippen molar-refractivity contribution in [1.82, 2.24) is 0 Å². The van der Waals surface area contributed by atoms with Gasteiger partial charge in [0.1, 0.15) is 0 Å². The van der Waals surface area contributed by atoms with E-state index in [0.29, 0.717) is 34.5 Å². The third-order valence-corrected chi connectivity index (χ3v) is 7.09. The van der Waals surface area contributed by atoms with E-state index in [9.17, 15) is 0 Å². The SMILES string of the molecule is COc1cc2c(cc1OC)-c1cc3cc(OC)c(OC)cc3c(-c3cc(OC)c(OC)c(OC)c3)[n+]1CC2. The number of pyridine rings is 1. The molecule has 0 fully saturated rings. The number of rotatable bonds is 8. The van der Waals surface area contributed by atoms with Gasteiger partial charge in [0.2, 0.25) is 17.1 Å². The normalized spacial score (nSPS) is 11.9. The number of nitrogens with zero attached hydrogens (tertiary/aromatic N) is 1. The van der Waals surface area contributed by atoms with Crippen molar-refractivity contribution in [2.75, 3.05) is 49.8 Å². The second kappa shape index (κ2) is 10.2. The fourth-order valence-electron chi connectivity index (χ4n) is 5.29. The first-order chi connectivity index (χ1) is 18.5. The second-order valence-corrected chi connectivity index (χ2v) is 8.85. The van der Waals surface area contributed by atoms with Crippen molar-refractivity contribution in [3.63, 3.8) is 0 Å². The second-order valence-electron chi connectivity index (χ2n) is 8.85. The van der Waals surface area contributed by atoms with Crippen LogP contribution in [0.15, 0.2) is 42.5 Å². The maximum atomic E-state index is 5.70. The monoisotopic (exact) mass is 518 g/mol. The lowest BCUT2D eigenvalue weighted by molar-refractivity contribution is -0.675. The molecule has 4 aromatic rings. The van der Waals surface area contributed by atoms with Crippen LogP contribution in [0.2, 0.25) is 0 Å². The van der Waals surface area contributed by atoms with Gasteiger partial charge in [0.05, 0.1) is 66.3 Å². The van der Waals surface area contributed by atoms with E-state index in [1.54, 1.807) is 49.8 Å². The lowest BCUT2D eigenvalue weighted by Gasteiger charge is -2.22. The molecule has 3 aromatic carbocycles. The minimum absolute atomic E-state index is 0.541. The molecule has 2 heterocycles. The van der Waals surface area contributed by atoms with E-state index < -0.39 is 0 Å². The molecule has 5 rings (SSSR count). The van der Waals surface area contributed by atoms with E-state index in [2.05, 4.69) is 16.7 Å². The first-order valence-electron chi connectivity index (χ1n) is 12.2. The Morgan fingerprint density at radius 3 is 1.68 bits per heavy atom. The molecule has 0 saturated heterocycles. The molecule has 0 aliphatic carbocycles. The molecule has 0 radical (unpaired) electrons. The van der Waals surface area contributed by atoms with E-state index >= 15 is 0 Å². The fraction of sp³-hybridized carbons (Fsp3) is 0.300. The lowest BCUT2D eigenvalue weighted by atomic mass is 9.92. The summed E-state index contributed by atoms with van der Waals surface area (Å²) in [6.45, 7) is 0.758. The van der Waals surface area contributed by atoms with Crippen molar-refractivity contribution in [2.45, 2.75) is 13.0 Å². The van der Waals surface area contributed by atoms with Gasteiger partial charge in [-0.05, 0) is 47.3 Å². The maximum Gasteiger partial charge on any atom is 0.221 e. The number of ether oxygens (including phenoxy) is 7. The molecule has 1 aliphatic rings. The smallest absolute Gasteiger partial charge is 0.221 e. The van der Waals surface area contributed by atoms with Crippen LogP contribution in [0, 0.1) is 0 Å².